The Labute approximate surface area is 162 Å². The van der Waals surface area contributed by atoms with Crippen LogP contribution in [0.5, 0.6) is 0 Å². The monoisotopic (exact) mass is 417 g/mol. The second-order valence-corrected chi connectivity index (χ2v) is 8.77. The molecule has 2 aliphatic rings. The SMILES string of the molecule is CN(C[C@@H]1c2c(cnn2C)[C@H]2CN1C(=O)N2OS(=O)(=O)O)C(=O)OC(C)(C)C. The molecule has 0 aromatic carbocycles. The van der Waals surface area contributed by atoms with Gasteiger partial charge in [0.2, 0.25) is 0 Å². The molecule has 2 bridgehead atoms. The van der Waals surface area contributed by atoms with Crippen molar-refractivity contribution in [3.63, 3.8) is 0 Å². The van der Waals surface area contributed by atoms with Gasteiger partial charge in [0.05, 0.1) is 24.5 Å². The second kappa shape index (κ2) is 6.60. The van der Waals surface area contributed by atoms with Crippen LogP contribution in [0.2, 0.25) is 0 Å². The lowest BCUT2D eigenvalue weighted by Gasteiger charge is -2.34. The number of rotatable bonds is 4. The van der Waals surface area contributed by atoms with Crippen molar-refractivity contribution in [1.82, 2.24) is 24.6 Å². The molecule has 3 rings (SSSR count). The molecule has 2 atom stereocenters. The van der Waals surface area contributed by atoms with Gasteiger partial charge in [0, 0.05) is 26.2 Å². The fraction of sp³-hybridized carbons (Fsp3) is 0.667. The number of nitrogens with zero attached hydrogens (tertiary/aromatic N) is 5. The number of fused-ring (bicyclic) bond motifs is 4. The van der Waals surface area contributed by atoms with Crippen LogP contribution in [-0.4, -0.2) is 75.5 Å². The van der Waals surface area contributed by atoms with Crippen LogP contribution in [0.4, 0.5) is 9.59 Å². The van der Waals surface area contributed by atoms with Gasteiger partial charge in [-0.1, -0.05) is 0 Å². The summed E-state index contributed by atoms with van der Waals surface area (Å²) in [4.78, 5) is 27.8. The van der Waals surface area contributed by atoms with Crippen LogP contribution in [0.3, 0.4) is 0 Å². The average molecular weight is 417 g/mol. The van der Waals surface area contributed by atoms with Crippen molar-refractivity contribution in [3.05, 3.63) is 17.5 Å². The quantitative estimate of drug-likeness (QED) is 0.713. The zero-order valence-electron chi connectivity index (χ0n) is 16.2. The molecule has 28 heavy (non-hydrogen) atoms. The van der Waals surface area contributed by atoms with Gasteiger partial charge in [0.25, 0.3) is 0 Å². The van der Waals surface area contributed by atoms with Crippen LogP contribution < -0.4 is 0 Å². The van der Waals surface area contributed by atoms with Crippen molar-refractivity contribution in [1.29, 1.82) is 0 Å². The van der Waals surface area contributed by atoms with E-state index in [9.17, 15) is 18.0 Å². The van der Waals surface area contributed by atoms with E-state index < -0.39 is 40.2 Å². The van der Waals surface area contributed by atoms with E-state index in [0.717, 1.165) is 0 Å². The van der Waals surface area contributed by atoms with E-state index in [4.69, 9.17) is 9.29 Å². The van der Waals surface area contributed by atoms with Crippen LogP contribution in [0.1, 0.15) is 44.1 Å². The van der Waals surface area contributed by atoms with Gasteiger partial charge in [-0.05, 0) is 20.8 Å². The van der Waals surface area contributed by atoms with Gasteiger partial charge >= 0.3 is 22.5 Å². The molecule has 0 spiro atoms. The predicted molar refractivity (Wildman–Crippen MR) is 94.1 cm³/mol. The van der Waals surface area contributed by atoms with Crippen molar-refractivity contribution in [3.8, 4) is 0 Å². The van der Waals surface area contributed by atoms with Crippen molar-refractivity contribution in [2.24, 2.45) is 7.05 Å². The normalized spacial score (nSPS) is 21.7. The van der Waals surface area contributed by atoms with Crippen molar-refractivity contribution in [2.75, 3.05) is 20.1 Å². The maximum absolute atomic E-state index is 12.7. The standard InChI is InChI=1S/C15H23N5O7S/c1-15(2,3)26-14(22)17(4)7-11-12-9(6-16-18(12)5)10-8-19(11)13(21)20(10)27-28(23,24)25/h6,10-11H,7-8H2,1-5H3,(H,23,24,25)/t10-,11-/m1/s1. The molecule has 1 saturated heterocycles. The summed E-state index contributed by atoms with van der Waals surface area (Å²) in [5.41, 5.74) is 0.543. The first kappa shape index (κ1) is 20.4. The van der Waals surface area contributed by atoms with Crippen LogP contribution in [0.15, 0.2) is 6.20 Å². The van der Waals surface area contributed by atoms with E-state index in [1.807, 2.05) is 0 Å². The Balaban J connectivity index is 1.91. The minimum absolute atomic E-state index is 0.0968. The summed E-state index contributed by atoms with van der Waals surface area (Å²) < 4.78 is 42.7. The molecule has 156 valence electrons. The summed E-state index contributed by atoms with van der Waals surface area (Å²) in [5.74, 6) is 0. The van der Waals surface area contributed by atoms with Crippen LogP contribution >= 0.6 is 0 Å². The summed E-state index contributed by atoms with van der Waals surface area (Å²) >= 11 is 0. The maximum Gasteiger partial charge on any atom is 0.418 e. The summed E-state index contributed by atoms with van der Waals surface area (Å²) in [7, 11) is -1.65. The molecule has 0 unspecified atom stereocenters. The summed E-state index contributed by atoms with van der Waals surface area (Å²) in [5, 5.41) is 4.80. The zero-order valence-corrected chi connectivity index (χ0v) is 17.0. The minimum Gasteiger partial charge on any atom is -0.444 e. The van der Waals surface area contributed by atoms with Gasteiger partial charge in [-0.15, -0.1) is 4.28 Å². The Morgan fingerprint density at radius 3 is 2.64 bits per heavy atom. The number of hydrogen-bond acceptors (Lipinski definition) is 7. The highest BCUT2D eigenvalue weighted by atomic mass is 32.3. The Morgan fingerprint density at radius 2 is 2.07 bits per heavy atom. The van der Waals surface area contributed by atoms with Gasteiger partial charge < -0.3 is 14.5 Å². The number of hydroxylamine groups is 2. The molecule has 2 aliphatic heterocycles. The van der Waals surface area contributed by atoms with Gasteiger partial charge in [-0.3, -0.25) is 9.23 Å². The molecule has 1 aromatic heterocycles. The molecule has 1 fully saturated rings. The van der Waals surface area contributed by atoms with E-state index >= 15 is 0 Å². The number of carbonyl (C=O) groups is 2. The highest BCUT2D eigenvalue weighted by Gasteiger charge is 2.52. The fourth-order valence-corrected chi connectivity index (χ4v) is 3.77. The van der Waals surface area contributed by atoms with E-state index in [1.54, 1.807) is 39.5 Å². The first-order valence-electron chi connectivity index (χ1n) is 8.51. The smallest absolute Gasteiger partial charge is 0.418 e. The number of hydrogen-bond donors (Lipinski definition) is 1. The number of amides is 3. The Hall–Kier alpha value is -2.38. The zero-order chi connectivity index (χ0) is 21.0. The molecule has 1 N–H and O–H groups in total. The number of ether oxygens (including phenoxy) is 1. The highest BCUT2D eigenvalue weighted by molar-refractivity contribution is 7.80. The molecule has 0 aliphatic carbocycles. The fourth-order valence-electron chi connectivity index (χ4n) is 3.40. The predicted octanol–water partition coefficient (Wildman–Crippen LogP) is 0.855. The number of likely N-dealkylation sites (N-methyl/N-ethyl adjacent to an activating group) is 1. The first-order valence-corrected chi connectivity index (χ1v) is 9.88. The van der Waals surface area contributed by atoms with Crippen LogP contribution in [0.25, 0.3) is 0 Å². The Kier molecular flexibility index (Phi) is 4.80. The lowest BCUT2D eigenvalue weighted by molar-refractivity contribution is -0.0317. The third kappa shape index (κ3) is 3.77. The molecular weight excluding hydrogens is 394 g/mol. The minimum atomic E-state index is -4.88. The second-order valence-electron chi connectivity index (χ2n) is 7.76. The van der Waals surface area contributed by atoms with E-state index in [2.05, 4.69) is 9.38 Å². The molecule has 13 heteroatoms. The average Bonchev–Trinajstić information content (AvgIpc) is 3.03. The Bertz CT molecular complexity index is 906. The number of carbonyl (C=O) groups excluding carboxylic acids is 2. The van der Waals surface area contributed by atoms with E-state index in [1.165, 1.54) is 16.0 Å². The molecule has 1 aromatic rings. The number of urea groups is 1. The van der Waals surface area contributed by atoms with Crippen molar-refractivity contribution >= 4 is 22.5 Å². The molecule has 3 heterocycles. The molecule has 0 saturated carbocycles. The van der Waals surface area contributed by atoms with Crippen LogP contribution in [0, 0.1) is 0 Å². The highest BCUT2D eigenvalue weighted by Crippen LogP contribution is 2.44. The Morgan fingerprint density at radius 1 is 1.43 bits per heavy atom. The van der Waals surface area contributed by atoms with Crippen molar-refractivity contribution < 1.29 is 31.6 Å². The van der Waals surface area contributed by atoms with Gasteiger partial charge in [-0.25, -0.2) is 9.59 Å². The third-order valence-electron chi connectivity index (χ3n) is 4.48. The summed E-state index contributed by atoms with van der Waals surface area (Å²) in [6.45, 7) is 5.46. The summed E-state index contributed by atoms with van der Waals surface area (Å²) in [6.07, 6.45) is 0.951. The van der Waals surface area contributed by atoms with Gasteiger partial charge in [0.15, 0.2) is 0 Å². The largest absolute Gasteiger partial charge is 0.444 e. The first-order chi connectivity index (χ1) is 12.8. The lowest BCUT2D eigenvalue weighted by Crippen LogP contribution is -2.44. The third-order valence-corrected chi connectivity index (χ3v) is 4.83. The molecular formula is C15H23N5O7S. The number of aryl methyl sites for hydroxylation is 1. The van der Waals surface area contributed by atoms with E-state index in [-0.39, 0.29) is 13.1 Å². The molecule has 3 amide bonds. The molecule has 12 nitrogen and oxygen atoms in total. The van der Waals surface area contributed by atoms with Gasteiger partial charge in [0.1, 0.15) is 11.6 Å². The maximum atomic E-state index is 12.7. The van der Waals surface area contributed by atoms with Gasteiger partial charge in [-0.2, -0.15) is 18.6 Å². The topological polar surface area (TPSA) is 135 Å². The lowest BCUT2D eigenvalue weighted by atomic mass is 9.98. The van der Waals surface area contributed by atoms with Crippen LogP contribution in [-0.2, 0) is 26.5 Å². The van der Waals surface area contributed by atoms with Crippen molar-refractivity contribution in [2.45, 2.75) is 38.5 Å². The van der Waals surface area contributed by atoms with E-state index in [0.29, 0.717) is 16.3 Å². The summed E-state index contributed by atoms with van der Waals surface area (Å²) in [6, 6.07) is -2.08. The molecule has 0 radical (unpaired) electrons. The number of aromatic nitrogens is 2.